The van der Waals surface area contributed by atoms with Crippen LogP contribution in [0.2, 0.25) is 0 Å². The fourth-order valence-electron chi connectivity index (χ4n) is 2.52. The second-order valence-corrected chi connectivity index (χ2v) is 6.90. The van der Waals surface area contributed by atoms with Gasteiger partial charge in [-0.25, -0.2) is 0 Å². The van der Waals surface area contributed by atoms with Crippen molar-refractivity contribution in [2.75, 3.05) is 18.6 Å². The third-order valence-electron chi connectivity index (χ3n) is 3.59. The summed E-state index contributed by atoms with van der Waals surface area (Å²) in [4.78, 5) is 12.3. The zero-order chi connectivity index (χ0) is 14.3. The van der Waals surface area contributed by atoms with Crippen LogP contribution in [0.1, 0.15) is 52.9 Å². The second-order valence-electron chi connectivity index (χ2n) is 5.80. The van der Waals surface area contributed by atoms with Crippen LogP contribution in [0.25, 0.3) is 0 Å². The molecule has 1 rings (SSSR count). The van der Waals surface area contributed by atoms with Gasteiger partial charge in [-0.2, -0.15) is 11.8 Å². The van der Waals surface area contributed by atoms with Crippen molar-refractivity contribution in [2.24, 2.45) is 5.92 Å². The lowest BCUT2D eigenvalue weighted by molar-refractivity contribution is -0.148. The summed E-state index contributed by atoms with van der Waals surface area (Å²) >= 11 is 1.89. The van der Waals surface area contributed by atoms with Gasteiger partial charge in [0.25, 0.3) is 0 Å². The summed E-state index contributed by atoms with van der Waals surface area (Å²) < 4.78 is 5.08. The molecule has 19 heavy (non-hydrogen) atoms. The van der Waals surface area contributed by atoms with Gasteiger partial charge in [0.15, 0.2) is 0 Å². The molecule has 0 saturated heterocycles. The lowest BCUT2D eigenvalue weighted by Crippen LogP contribution is -2.59. The Labute approximate surface area is 122 Å². The number of hydrogen-bond donors (Lipinski definition) is 1. The number of carbonyl (C=O) groups is 1. The highest BCUT2D eigenvalue weighted by atomic mass is 32.2. The number of thioether (sulfide) groups is 1. The number of unbranched alkanes of at least 4 members (excludes halogenated alkanes) is 2. The average Bonchev–Trinajstić information content (AvgIpc) is 3.20. The van der Waals surface area contributed by atoms with E-state index in [9.17, 15) is 4.79 Å². The van der Waals surface area contributed by atoms with Gasteiger partial charge in [-0.3, -0.25) is 10.1 Å². The van der Waals surface area contributed by atoms with E-state index in [0.29, 0.717) is 12.0 Å². The van der Waals surface area contributed by atoms with Crippen molar-refractivity contribution >= 4 is 17.7 Å². The zero-order valence-corrected chi connectivity index (χ0v) is 13.6. The van der Waals surface area contributed by atoms with Crippen LogP contribution in [-0.4, -0.2) is 36.2 Å². The molecule has 0 aromatic carbocycles. The van der Waals surface area contributed by atoms with Gasteiger partial charge in [0.1, 0.15) is 5.54 Å². The van der Waals surface area contributed by atoms with Gasteiger partial charge in [-0.05, 0) is 44.8 Å². The van der Waals surface area contributed by atoms with Crippen LogP contribution in [0.4, 0.5) is 0 Å². The summed E-state index contributed by atoms with van der Waals surface area (Å²) in [5, 5.41) is 3.50. The normalized spacial score (nSPS) is 18.4. The van der Waals surface area contributed by atoms with Crippen LogP contribution in [0.15, 0.2) is 0 Å². The molecule has 3 nitrogen and oxygen atoms in total. The fraction of sp³-hybridized carbons (Fsp3) is 0.933. The van der Waals surface area contributed by atoms with Crippen molar-refractivity contribution in [1.82, 2.24) is 5.32 Å². The molecule has 0 aromatic rings. The second kappa shape index (κ2) is 8.15. The lowest BCUT2D eigenvalue weighted by atomic mass is 9.94. The summed E-state index contributed by atoms with van der Waals surface area (Å²) in [5.41, 5.74) is -0.459. The van der Waals surface area contributed by atoms with E-state index in [-0.39, 0.29) is 5.97 Å². The van der Waals surface area contributed by atoms with Gasteiger partial charge < -0.3 is 4.74 Å². The van der Waals surface area contributed by atoms with E-state index in [1.54, 1.807) is 0 Å². The van der Waals surface area contributed by atoms with Crippen molar-refractivity contribution < 1.29 is 9.53 Å². The molecule has 1 aliphatic carbocycles. The summed E-state index contributed by atoms with van der Waals surface area (Å²) in [6, 6.07) is 0.302. The maximum absolute atomic E-state index is 12.3. The Bertz CT molecular complexity index is 279. The molecule has 1 saturated carbocycles. The molecule has 0 heterocycles. The Balaban J connectivity index is 2.59. The maximum Gasteiger partial charge on any atom is 0.327 e. The number of rotatable bonds is 10. The van der Waals surface area contributed by atoms with Gasteiger partial charge in [-0.15, -0.1) is 0 Å². The highest BCUT2D eigenvalue weighted by molar-refractivity contribution is 7.99. The first kappa shape index (κ1) is 16.8. The minimum atomic E-state index is -0.459. The number of hydrogen-bond acceptors (Lipinski definition) is 4. The number of ether oxygens (including phenoxy) is 1. The monoisotopic (exact) mass is 287 g/mol. The molecule has 0 bridgehead atoms. The molecule has 0 aliphatic heterocycles. The lowest BCUT2D eigenvalue weighted by Gasteiger charge is -2.34. The molecule has 1 aliphatic rings. The fourth-order valence-corrected chi connectivity index (χ4v) is 3.83. The topological polar surface area (TPSA) is 38.3 Å². The number of nitrogens with one attached hydrogen (secondary N) is 1. The van der Waals surface area contributed by atoms with Gasteiger partial charge in [0.2, 0.25) is 0 Å². The van der Waals surface area contributed by atoms with Crippen LogP contribution in [0, 0.1) is 5.92 Å². The Hall–Kier alpha value is -0.220. The summed E-state index contributed by atoms with van der Waals surface area (Å²) in [6.45, 7) is 6.41. The van der Waals surface area contributed by atoms with Gasteiger partial charge in [-0.1, -0.05) is 19.8 Å². The van der Waals surface area contributed by atoms with Crippen molar-refractivity contribution in [1.29, 1.82) is 0 Å². The van der Waals surface area contributed by atoms with E-state index in [1.165, 1.54) is 26.4 Å². The van der Waals surface area contributed by atoms with Crippen molar-refractivity contribution in [3.05, 3.63) is 0 Å². The predicted octanol–water partition coefficient (Wildman–Crippen LogP) is 3.23. The van der Waals surface area contributed by atoms with E-state index in [1.807, 2.05) is 11.8 Å². The van der Waals surface area contributed by atoms with Crippen LogP contribution in [0.5, 0.6) is 0 Å². The van der Waals surface area contributed by atoms with Gasteiger partial charge in [0.05, 0.1) is 7.11 Å². The summed E-state index contributed by atoms with van der Waals surface area (Å²) in [5.74, 6) is 2.36. The minimum Gasteiger partial charge on any atom is -0.468 e. The maximum atomic E-state index is 12.3. The van der Waals surface area contributed by atoms with Crippen LogP contribution >= 0.6 is 11.8 Å². The molecule has 1 atom stereocenters. The van der Waals surface area contributed by atoms with Crippen molar-refractivity contribution in [3.8, 4) is 0 Å². The Morgan fingerprint density at radius 1 is 1.42 bits per heavy atom. The SMILES string of the molecule is CCCCCSCC(NC(C)C)(C(=O)OC)C1CC1. The van der Waals surface area contributed by atoms with E-state index >= 15 is 0 Å². The minimum absolute atomic E-state index is 0.0771. The quantitative estimate of drug-likeness (QED) is 0.494. The molecular formula is C15H29NO2S. The van der Waals surface area contributed by atoms with Crippen molar-refractivity contribution in [2.45, 2.75) is 64.5 Å². The van der Waals surface area contributed by atoms with E-state index < -0.39 is 5.54 Å². The van der Waals surface area contributed by atoms with Crippen molar-refractivity contribution in [3.63, 3.8) is 0 Å². The number of carbonyl (C=O) groups excluding carboxylic acids is 1. The molecule has 1 unspecified atom stereocenters. The molecule has 1 N–H and O–H groups in total. The molecule has 0 spiro atoms. The van der Waals surface area contributed by atoms with Crippen LogP contribution in [0.3, 0.4) is 0 Å². The van der Waals surface area contributed by atoms with E-state index in [0.717, 1.165) is 24.3 Å². The third-order valence-corrected chi connectivity index (χ3v) is 4.83. The first-order valence-electron chi connectivity index (χ1n) is 7.50. The molecule has 1 fully saturated rings. The smallest absolute Gasteiger partial charge is 0.327 e. The standard InChI is InChI=1S/C15H29NO2S/c1-5-6-7-10-19-11-15(13-8-9-13,14(17)18-4)16-12(2)3/h12-13,16H,5-11H2,1-4H3. The van der Waals surface area contributed by atoms with E-state index in [2.05, 4.69) is 26.1 Å². The summed E-state index contributed by atoms with van der Waals surface area (Å²) in [7, 11) is 1.50. The Morgan fingerprint density at radius 2 is 2.11 bits per heavy atom. The van der Waals surface area contributed by atoms with Gasteiger partial charge >= 0.3 is 5.97 Å². The van der Waals surface area contributed by atoms with E-state index in [4.69, 9.17) is 4.74 Å². The number of esters is 1. The summed E-state index contributed by atoms with van der Waals surface area (Å²) in [6.07, 6.45) is 6.05. The molecule has 4 heteroatoms. The Kier molecular flexibility index (Phi) is 7.22. The molecule has 0 aromatic heterocycles. The highest BCUT2D eigenvalue weighted by Gasteiger charge is 2.51. The molecule has 0 amide bonds. The predicted molar refractivity (Wildman–Crippen MR) is 82.6 cm³/mol. The zero-order valence-electron chi connectivity index (χ0n) is 12.8. The number of methoxy groups -OCH3 is 1. The highest BCUT2D eigenvalue weighted by Crippen LogP contribution is 2.42. The third kappa shape index (κ3) is 4.99. The first-order valence-corrected chi connectivity index (χ1v) is 8.66. The molecule has 112 valence electrons. The Morgan fingerprint density at radius 3 is 2.58 bits per heavy atom. The average molecular weight is 287 g/mol. The molecular weight excluding hydrogens is 258 g/mol. The van der Waals surface area contributed by atoms with Crippen LogP contribution in [-0.2, 0) is 9.53 Å². The van der Waals surface area contributed by atoms with Crippen LogP contribution < -0.4 is 5.32 Å². The molecule has 0 radical (unpaired) electrons. The largest absolute Gasteiger partial charge is 0.468 e. The van der Waals surface area contributed by atoms with Gasteiger partial charge in [0, 0.05) is 11.8 Å². The first-order chi connectivity index (χ1) is 9.06.